The molecular weight excluding hydrogens is 398 g/mol. The van der Waals surface area contributed by atoms with E-state index < -0.39 is 0 Å². The first kappa shape index (κ1) is 20.4. The molecule has 30 heavy (non-hydrogen) atoms. The standard InChI is InChI=1S/C22H25N5O2S/c1-16-6-9-23-19(12-16)13-17-2-4-20(5-3-17)29-22(28)27-10-7-18(8-11-27)14-30-21-24-15-25-26-21/h2-6,9,12,15,18H,7-8,10-11,13-14H2,1H3,(H,24,25,26). The number of piperidine rings is 1. The van der Waals surface area contributed by atoms with Gasteiger partial charge in [-0.2, -0.15) is 0 Å². The molecule has 0 spiro atoms. The minimum Gasteiger partial charge on any atom is -0.410 e. The minimum absolute atomic E-state index is 0.275. The maximum absolute atomic E-state index is 12.5. The van der Waals surface area contributed by atoms with E-state index in [0.717, 1.165) is 54.5 Å². The number of amides is 1. The van der Waals surface area contributed by atoms with Crippen molar-refractivity contribution in [1.29, 1.82) is 0 Å². The number of likely N-dealkylation sites (tertiary alicyclic amines) is 1. The number of aromatic amines is 1. The van der Waals surface area contributed by atoms with E-state index in [0.29, 0.717) is 11.7 Å². The first-order valence-electron chi connectivity index (χ1n) is 10.1. The van der Waals surface area contributed by atoms with Crippen LogP contribution in [0.3, 0.4) is 0 Å². The van der Waals surface area contributed by atoms with Crippen LogP contribution in [0.5, 0.6) is 5.75 Å². The van der Waals surface area contributed by atoms with Gasteiger partial charge in [0.1, 0.15) is 12.1 Å². The molecule has 4 rings (SSSR count). The second-order valence-corrected chi connectivity index (χ2v) is 8.52. The normalized spacial score (nSPS) is 14.6. The van der Waals surface area contributed by atoms with Gasteiger partial charge >= 0.3 is 6.09 Å². The third-order valence-electron chi connectivity index (χ3n) is 5.20. The number of carbonyl (C=O) groups is 1. The molecule has 1 aliphatic heterocycles. The van der Waals surface area contributed by atoms with Crippen LogP contribution in [0.25, 0.3) is 0 Å². The fourth-order valence-corrected chi connectivity index (χ4v) is 4.45. The minimum atomic E-state index is -0.275. The zero-order valence-electron chi connectivity index (χ0n) is 17.0. The van der Waals surface area contributed by atoms with E-state index in [2.05, 4.69) is 33.2 Å². The van der Waals surface area contributed by atoms with Gasteiger partial charge in [-0.15, -0.1) is 5.10 Å². The van der Waals surface area contributed by atoms with Gasteiger partial charge in [0.25, 0.3) is 0 Å². The van der Waals surface area contributed by atoms with Crippen molar-refractivity contribution >= 4 is 17.9 Å². The highest BCUT2D eigenvalue weighted by Crippen LogP contribution is 2.25. The molecule has 0 bridgehead atoms. The van der Waals surface area contributed by atoms with Gasteiger partial charge in [-0.3, -0.25) is 10.1 Å². The lowest BCUT2D eigenvalue weighted by Crippen LogP contribution is -2.40. The van der Waals surface area contributed by atoms with Crippen LogP contribution >= 0.6 is 11.8 Å². The van der Waals surface area contributed by atoms with E-state index >= 15 is 0 Å². The number of hydrogen-bond acceptors (Lipinski definition) is 6. The summed E-state index contributed by atoms with van der Waals surface area (Å²) in [6, 6.07) is 11.7. The Bertz CT molecular complexity index is 954. The number of aromatic nitrogens is 4. The number of rotatable bonds is 6. The summed E-state index contributed by atoms with van der Waals surface area (Å²) in [6.45, 7) is 3.50. The molecule has 1 saturated heterocycles. The maximum Gasteiger partial charge on any atom is 0.415 e. The van der Waals surface area contributed by atoms with E-state index in [1.807, 2.05) is 36.5 Å². The van der Waals surface area contributed by atoms with Crippen molar-refractivity contribution in [3.63, 3.8) is 0 Å². The zero-order chi connectivity index (χ0) is 20.8. The lowest BCUT2D eigenvalue weighted by molar-refractivity contribution is 0.134. The van der Waals surface area contributed by atoms with Gasteiger partial charge in [-0.05, 0) is 61.1 Å². The molecule has 8 heteroatoms. The number of carbonyl (C=O) groups excluding carboxylic acids is 1. The largest absolute Gasteiger partial charge is 0.415 e. The number of aryl methyl sites for hydroxylation is 1. The Morgan fingerprint density at radius 3 is 2.70 bits per heavy atom. The van der Waals surface area contributed by atoms with E-state index in [1.54, 1.807) is 23.0 Å². The summed E-state index contributed by atoms with van der Waals surface area (Å²) < 4.78 is 5.57. The van der Waals surface area contributed by atoms with Crippen molar-refractivity contribution in [3.8, 4) is 5.75 Å². The van der Waals surface area contributed by atoms with Crippen molar-refractivity contribution in [2.24, 2.45) is 5.92 Å². The van der Waals surface area contributed by atoms with Crippen LogP contribution in [0.4, 0.5) is 4.79 Å². The molecule has 2 aromatic heterocycles. The highest BCUT2D eigenvalue weighted by Gasteiger charge is 2.24. The van der Waals surface area contributed by atoms with Gasteiger partial charge in [0.15, 0.2) is 0 Å². The number of pyridine rings is 1. The summed E-state index contributed by atoms with van der Waals surface area (Å²) in [5.74, 6) is 2.10. The topological polar surface area (TPSA) is 84.0 Å². The zero-order valence-corrected chi connectivity index (χ0v) is 17.8. The number of thioether (sulfide) groups is 1. The number of ether oxygens (including phenoxy) is 1. The smallest absolute Gasteiger partial charge is 0.410 e. The van der Waals surface area contributed by atoms with Crippen LogP contribution in [-0.2, 0) is 6.42 Å². The molecular formula is C22H25N5O2S. The molecule has 1 aromatic carbocycles. The number of nitrogens with zero attached hydrogens (tertiary/aromatic N) is 4. The van der Waals surface area contributed by atoms with Crippen molar-refractivity contribution in [3.05, 3.63) is 65.7 Å². The number of benzene rings is 1. The van der Waals surface area contributed by atoms with Crippen LogP contribution < -0.4 is 4.74 Å². The molecule has 0 radical (unpaired) electrons. The molecule has 3 heterocycles. The van der Waals surface area contributed by atoms with E-state index in [1.165, 1.54) is 5.56 Å². The molecule has 7 nitrogen and oxygen atoms in total. The summed E-state index contributed by atoms with van der Waals surface area (Å²) in [4.78, 5) is 22.8. The third-order valence-corrected chi connectivity index (χ3v) is 6.29. The molecule has 3 aromatic rings. The Morgan fingerprint density at radius 2 is 2.00 bits per heavy atom. The average molecular weight is 424 g/mol. The summed E-state index contributed by atoms with van der Waals surface area (Å²) in [6.07, 6.45) is 5.84. The van der Waals surface area contributed by atoms with Gasteiger partial charge in [0.2, 0.25) is 5.16 Å². The highest BCUT2D eigenvalue weighted by molar-refractivity contribution is 7.99. The van der Waals surface area contributed by atoms with Crippen molar-refractivity contribution in [2.45, 2.75) is 31.3 Å². The maximum atomic E-state index is 12.5. The predicted octanol–water partition coefficient (Wildman–Crippen LogP) is 4.10. The molecule has 0 atom stereocenters. The number of H-pyrrole nitrogens is 1. The van der Waals surface area contributed by atoms with E-state index in [-0.39, 0.29) is 6.09 Å². The fourth-order valence-electron chi connectivity index (χ4n) is 3.49. The monoisotopic (exact) mass is 423 g/mol. The predicted molar refractivity (Wildman–Crippen MR) is 116 cm³/mol. The first-order chi connectivity index (χ1) is 14.7. The Kier molecular flexibility index (Phi) is 6.63. The van der Waals surface area contributed by atoms with Crippen LogP contribution in [0.1, 0.15) is 29.7 Å². The molecule has 1 aliphatic rings. The summed E-state index contributed by atoms with van der Waals surface area (Å²) in [5.41, 5.74) is 3.37. The number of nitrogens with one attached hydrogen (secondary N) is 1. The van der Waals surface area contributed by atoms with E-state index in [9.17, 15) is 4.79 Å². The Morgan fingerprint density at radius 1 is 1.20 bits per heavy atom. The van der Waals surface area contributed by atoms with Gasteiger partial charge in [-0.25, -0.2) is 9.78 Å². The number of hydrogen-bond donors (Lipinski definition) is 1. The average Bonchev–Trinajstić information content (AvgIpc) is 3.28. The Hall–Kier alpha value is -2.87. The van der Waals surface area contributed by atoms with Gasteiger partial charge < -0.3 is 9.64 Å². The van der Waals surface area contributed by atoms with Gasteiger partial charge in [-0.1, -0.05) is 23.9 Å². The van der Waals surface area contributed by atoms with Crippen molar-refractivity contribution in [2.75, 3.05) is 18.8 Å². The third kappa shape index (κ3) is 5.60. The molecule has 0 unspecified atom stereocenters. The van der Waals surface area contributed by atoms with Gasteiger partial charge in [0, 0.05) is 37.2 Å². The summed E-state index contributed by atoms with van der Waals surface area (Å²) in [7, 11) is 0. The molecule has 1 amide bonds. The van der Waals surface area contributed by atoms with Crippen LogP contribution in [0.15, 0.2) is 54.1 Å². The van der Waals surface area contributed by atoms with Gasteiger partial charge in [0.05, 0.1) is 0 Å². The lowest BCUT2D eigenvalue weighted by Gasteiger charge is -2.30. The second-order valence-electron chi connectivity index (χ2n) is 7.54. The molecule has 1 N–H and O–H groups in total. The molecule has 0 saturated carbocycles. The lowest BCUT2D eigenvalue weighted by atomic mass is 9.99. The fraction of sp³-hybridized carbons (Fsp3) is 0.364. The quantitative estimate of drug-likeness (QED) is 0.601. The molecule has 0 aliphatic carbocycles. The van der Waals surface area contributed by atoms with Crippen molar-refractivity contribution < 1.29 is 9.53 Å². The highest BCUT2D eigenvalue weighted by atomic mass is 32.2. The second kappa shape index (κ2) is 9.75. The van der Waals surface area contributed by atoms with E-state index in [4.69, 9.17) is 4.74 Å². The van der Waals surface area contributed by atoms with Crippen LogP contribution in [0.2, 0.25) is 0 Å². The van der Waals surface area contributed by atoms with Crippen LogP contribution in [0, 0.1) is 12.8 Å². The summed E-state index contributed by atoms with van der Waals surface area (Å²) >= 11 is 1.66. The summed E-state index contributed by atoms with van der Waals surface area (Å²) in [5, 5.41) is 7.56. The first-order valence-corrected chi connectivity index (χ1v) is 11.1. The molecule has 156 valence electrons. The Labute approximate surface area is 180 Å². The van der Waals surface area contributed by atoms with Crippen molar-refractivity contribution in [1.82, 2.24) is 25.1 Å². The van der Waals surface area contributed by atoms with Crippen LogP contribution in [-0.4, -0.2) is 50.0 Å². The Balaban J connectivity index is 1.23. The SMILES string of the molecule is Cc1ccnc(Cc2ccc(OC(=O)N3CCC(CSc4nc[nH]n4)CC3)cc2)c1. The molecule has 1 fully saturated rings.